The van der Waals surface area contributed by atoms with Gasteiger partial charge in [-0.2, -0.15) is 0 Å². The molecular weight excluding hydrogens is 394 g/mol. The Kier molecular flexibility index (Phi) is 6.08. The number of rotatable bonds is 7. The lowest BCUT2D eigenvalue weighted by Crippen LogP contribution is -2.51. The van der Waals surface area contributed by atoms with E-state index in [1.807, 2.05) is 38.1 Å². The summed E-state index contributed by atoms with van der Waals surface area (Å²) in [4.78, 5) is 17.8. The molecule has 2 saturated heterocycles. The third-order valence-electron chi connectivity index (χ3n) is 6.92. The molecule has 2 aliphatic heterocycles. The number of ether oxygens (including phenoxy) is 1. The maximum absolute atomic E-state index is 11.2. The number of fused-ring (bicyclic) bond motifs is 3. The van der Waals surface area contributed by atoms with E-state index in [0.717, 1.165) is 54.3 Å². The largest absolute Gasteiger partial charge is 0.497 e. The van der Waals surface area contributed by atoms with Crippen molar-refractivity contribution in [2.75, 3.05) is 7.11 Å². The van der Waals surface area contributed by atoms with Crippen molar-refractivity contribution < 1.29 is 19.7 Å². The summed E-state index contributed by atoms with van der Waals surface area (Å²) in [7, 11) is 1.65. The van der Waals surface area contributed by atoms with Crippen molar-refractivity contribution in [3.05, 3.63) is 36.0 Å². The van der Waals surface area contributed by atoms with Crippen LogP contribution in [-0.4, -0.2) is 57.2 Å². The predicted octanol–water partition coefficient (Wildman–Crippen LogP) is 3.78. The highest BCUT2D eigenvalue weighted by Gasteiger charge is 2.44. The third kappa shape index (κ3) is 4.77. The Hall–Kier alpha value is -2.38. The Bertz CT molecular complexity index is 934. The lowest BCUT2D eigenvalue weighted by atomic mass is 9.81. The van der Waals surface area contributed by atoms with Crippen molar-refractivity contribution in [3.8, 4) is 5.75 Å². The Morgan fingerprint density at radius 1 is 1.29 bits per heavy atom. The van der Waals surface area contributed by atoms with Gasteiger partial charge in [0.05, 0.1) is 12.6 Å². The highest BCUT2D eigenvalue weighted by molar-refractivity contribution is 5.83. The second-order valence-electron chi connectivity index (χ2n) is 9.73. The van der Waals surface area contributed by atoms with Gasteiger partial charge in [0.1, 0.15) is 12.0 Å². The Labute approximate surface area is 183 Å². The summed E-state index contributed by atoms with van der Waals surface area (Å²) >= 11 is 0. The molecule has 168 valence electrons. The Balaban J connectivity index is 1.46. The first-order chi connectivity index (χ1) is 14.8. The van der Waals surface area contributed by atoms with Crippen LogP contribution < -0.4 is 10.1 Å². The lowest BCUT2D eigenvalue weighted by Gasteiger charge is -2.43. The molecule has 2 aliphatic rings. The van der Waals surface area contributed by atoms with Crippen molar-refractivity contribution in [2.24, 2.45) is 5.92 Å². The zero-order chi connectivity index (χ0) is 22.2. The van der Waals surface area contributed by atoms with Crippen molar-refractivity contribution in [2.45, 2.75) is 76.2 Å². The average Bonchev–Trinajstić information content (AvgIpc) is 2.97. The van der Waals surface area contributed by atoms with Gasteiger partial charge in [0.15, 0.2) is 0 Å². The molecule has 1 amide bonds. The Morgan fingerprint density at radius 2 is 2.00 bits per heavy atom. The predicted molar refractivity (Wildman–Crippen MR) is 119 cm³/mol. The number of amides is 1. The minimum absolute atomic E-state index is 0.349. The van der Waals surface area contributed by atoms with Crippen molar-refractivity contribution in [1.29, 1.82) is 0 Å². The Morgan fingerprint density at radius 3 is 2.65 bits per heavy atom. The smallest absolute Gasteiger partial charge is 0.405 e. The molecule has 3 unspecified atom stereocenters. The summed E-state index contributed by atoms with van der Waals surface area (Å²) in [5.41, 5.74) is 1.54. The third-order valence-corrected chi connectivity index (χ3v) is 6.92. The summed E-state index contributed by atoms with van der Waals surface area (Å²) in [6.45, 7) is 3.90. The number of methoxy groups -OCH3 is 1. The summed E-state index contributed by atoms with van der Waals surface area (Å²) in [6, 6.07) is 8.53. The second kappa shape index (κ2) is 8.63. The first-order valence-corrected chi connectivity index (χ1v) is 11.1. The number of aromatic nitrogens is 1. The van der Waals surface area contributed by atoms with Crippen molar-refractivity contribution in [3.63, 3.8) is 0 Å². The van der Waals surface area contributed by atoms with Gasteiger partial charge in [-0.15, -0.1) is 0 Å². The number of nitrogens with one attached hydrogen (secondary N) is 1. The topological polar surface area (TPSA) is 94.9 Å². The maximum atomic E-state index is 11.2. The number of hydrogen-bond acceptors (Lipinski definition) is 5. The number of aliphatic hydroxyl groups is 1. The fourth-order valence-corrected chi connectivity index (χ4v) is 5.83. The van der Waals surface area contributed by atoms with Gasteiger partial charge in [-0.05, 0) is 81.7 Å². The van der Waals surface area contributed by atoms with Crippen LogP contribution in [0.3, 0.4) is 0 Å². The summed E-state index contributed by atoms with van der Waals surface area (Å²) in [6.07, 6.45) is 5.86. The second-order valence-corrected chi connectivity index (χ2v) is 9.73. The minimum Gasteiger partial charge on any atom is -0.497 e. The monoisotopic (exact) mass is 427 g/mol. The number of benzene rings is 1. The number of carboxylic acid groups (broad SMARTS) is 1. The molecule has 3 atom stereocenters. The van der Waals surface area contributed by atoms with E-state index in [-0.39, 0.29) is 0 Å². The molecule has 0 spiro atoms. The molecule has 3 N–H and O–H groups in total. The van der Waals surface area contributed by atoms with Gasteiger partial charge in [0.2, 0.25) is 0 Å². The molecule has 1 aromatic carbocycles. The molecule has 0 aliphatic carbocycles. The van der Waals surface area contributed by atoms with Crippen molar-refractivity contribution >= 4 is 17.0 Å². The fraction of sp³-hybridized carbons (Fsp3) is 0.583. The molecule has 7 nitrogen and oxygen atoms in total. The molecule has 0 saturated carbocycles. The van der Waals surface area contributed by atoms with E-state index in [9.17, 15) is 9.90 Å². The molecule has 7 heteroatoms. The van der Waals surface area contributed by atoms with Crippen LogP contribution in [0.15, 0.2) is 30.5 Å². The van der Waals surface area contributed by atoms with Crippen LogP contribution in [-0.2, 0) is 6.42 Å². The van der Waals surface area contributed by atoms with Crippen LogP contribution >= 0.6 is 0 Å². The standard InChI is InChI=1S/C24H33N3O4/c1-24(2,26-23(29)30)14-15-10-17-4-5-18(11-15)27(17)22(28)12-16-8-9-25-21-7-6-19(31-3)13-20(16)21/h6-9,13,15,17-18,22,26,28H,4-5,10-12,14H2,1-3H3,(H,29,30). The van der Waals surface area contributed by atoms with Crippen molar-refractivity contribution in [1.82, 2.24) is 15.2 Å². The van der Waals surface area contributed by atoms with E-state index < -0.39 is 17.9 Å². The van der Waals surface area contributed by atoms with Crippen LogP contribution in [0.4, 0.5) is 4.79 Å². The average molecular weight is 428 g/mol. The summed E-state index contributed by atoms with van der Waals surface area (Å²) < 4.78 is 5.38. The van der Waals surface area contributed by atoms with Crippen LogP contribution in [0.2, 0.25) is 0 Å². The SMILES string of the molecule is COc1ccc2nccc(CC(O)N3C4CCC3CC(CC(C)(C)NC(=O)O)C4)c2c1. The van der Waals surface area contributed by atoms with Gasteiger partial charge >= 0.3 is 6.09 Å². The number of piperidine rings is 1. The number of pyridine rings is 1. The van der Waals surface area contributed by atoms with Crippen LogP contribution in [0, 0.1) is 5.92 Å². The van der Waals surface area contributed by atoms with Gasteiger partial charge in [-0.25, -0.2) is 4.79 Å². The number of nitrogens with zero attached hydrogens (tertiary/aromatic N) is 2. The molecule has 31 heavy (non-hydrogen) atoms. The molecule has 3 heterocycles. The van der Waals surface area contributed by atoms with E-state index in [1.165, 1.54) is 0 Å². The van der Waals surface area contributed by atoms with E-state index in [4.69, 9.17) is 9.84 Å². The number of aliphatic hydroxyl groups excluding tert-OH is 1. The van der Waals surface area contributed by atoms with Gasteiger partial charge in [-0.1, -0.05) is 0 Å². The zero-order valence-corrected chi connectivity index (χ0v) is 18.5. The summed E-state index contributed by atoms with van der Waals surface area (Å²) in [5, 5.41) is 24.0. The quantitative estimate of drug-likeness (QED) is 0.622. The number of hydrogen-bond donors (Lipinski definition) is 3. The molecule has 2 fully saturated rings. The van der Waals surface area contributed by atoms with Gasteiger partial charge < -0.3 is 20.3 Å². The molecule has 4 rings (SSSR count). The first kappa shape index (κ1) is 21.8. The normalized spacial score (nSPS) is 24.8. The highest BCUT2D eigenvalue weighted by atomic mass is 16.5. The van der Waals surface area contributed by atoms with E-state index in [0.29, 0.717) is 24.4 Å². The summed E-state index contributed by atoms with van der Waals surface area (Å²) in [5.74, 6) is 1.25. The molecular formula is C24H33N3O4. The minimum atomic E-state index is -0.970. The molecule has 2 bridgehead atoms. The van der Waals surface area contributed by atoms with E-state index in [1.54, 1.807) is 13.3 Å². The molecule has 1 aromatic heterocycles. The fourth-order valence-electron chi connectivity index (χ4n) is 5.83. The number of carbonyl (C=O) groups is 1. The first-order valence-electron chi connectivity index (χ1n) is 11.1. The van der Waals surface area contributed by atoms with Crippen LogP contribution in [0.25, 0.3) is 10.9 Å². The van der Waals surface area contributed by atoms with E-state index in [2.05, 4.69) is 15.2 Å². The van der Waals surface area contributed by atoms with E-state index >= 15 is 0 Å². The zero-order valence-electron chi connectivity index (χ0n) is 18.5. The van der Waals surface area contributed by atoms with Crippen LogP contribution in [0.5, 0.6) is 5.75 Å². The highest BCUT2D eigenvalue weighted by Crippen LogP contribution is 2.42. The van der Waals surface area contributed by atoms with Gasteiger partial charge in [0.25, 0.3) is 0 Å². The lowest BCUT2D eigenvalue weighted by molar-refractivity contribution is -0.0585. The van der Waals surface area contributed by atoms with Gasteiger partial charge in [0, 0.05) is 35.6 Å². The van der Waals surface area contributed by atoms with Crippen LogP contribution in [0.1, 0.15) is 51.5 Å². The van der Waals surface area contributed by atoms with Gasteiger partial charge in [-0.3, -0.25) is 9.88 Å². The molecule has 0 radical (unpaired) electrons. The molecule has 2 aromatic rings. The maximum Gasteiger partial charge on any atom is 0.405 e.